The van der Waals surface area contributed by atoms with Gasteiger partial charge in [-0.05, 0) is 12.0 Å². The summed E-state index contributed by atoms with van der Waals surface area (Å²) in [5.41, 5.74) is 1.86. The van der Waals surface area contributed by atoms with E-state index in [-0.39, 0.29) is 5.71 Å². The predicted octanol–water partition coefficient (Wildman–Crippen LogP) is 1.46. The van der Waals surface area contributed by atoms with Crippen LogP contribution in [0.5, 0.6) is 0 Å². The maximum atomic E-state index is 10.7. The van der Waals surface area contributed by atoms with Gasteiger partial charge in [0.25, 0.3) is 6.04 Å². The highest BCUT2D eigenvalue weighted by molar-refractivity contribution is 6.05. The van der Waals surface area contributed by atoms with E-state index in [2.05, 4.69) is 5.16 Å². The van der Waals surface area contributed by atoms with Crippen LogP contribution < -0.4 is 0 Å². The van der Waals surface area contributed by atoms with Gasteiger partial charge < -0.3 is 5.21 Å². The summed E-state index contributed by atoms with van der Waals surface area (Å²) in [6.45, 7) is 0. The Kier molecular flexibility index (Phi) is 2.37. The summed E-state index contributed by atoms with van der Waals surface area (Å²) in [4.78, 5) is 10.3. The number of oxime groups is 1. The third kappa shape index (κ3) is 1.56. The maximum absolute atomic E-state index is 10.7. The van der Waals surface area contributed by atoms with E-state index in [1.54, 1.807) is 12.1 Å². The zero-order valence-corrected chi connectivity index (χ0v) is 7.96. The molecule has 0 heterocycles. The first-order valence-electron chi connectivity index (χ1n) is 4.67. The van der Waals surface area contributed by atoms with Crippen LogP contribution in [0, 0.1) is 10.1 Å². The fourth-order valence-corrected chi connectivity index (χ4v) is 1.92. The third-order valence-corrected chi connectivity index (χ3v) is 2.66. The summed E-state index contributed by atoms with van der Waals surface area (Å²) < 4.78 is 0. The number of benzene rings is 1. The Hall–Kier alpha value is -1.91. The number of aryl methyl sites for hydroxylation is 1. The van der Waals surface area contributed by atoms with Crippen LogP contribution in [0.4, 0.5) is 0 Å². The molecule has 0 amide bonds. The number of nitrogens with zero attached hydrogens (tertiary/aromatic N) is 2. The molecule has 0 bridgehead atoms. The van der Waals surface area contributed by atoms with Gasteiger partial charge in [-0.2, -0.15) is 0 Å². The zero-order valence-electron chi connectivity index (χ0n) is 7.96. The van der Waals surface area contributed by atoms with E-state index in [9.17, 15) is 10.1 Å². The molecular formula is C10H10N2O3. The number of nitro groups is 1. The highest BCUT2D eigenvalue weighted by Crippen LogP contribution is 2.23. The van der Waals surface area contributed by atoms with Gasteiger partial charge in [0.05, 0.1) is 0 Å². The second-order valence-corrected chi connectivity index (χ2v) is 3.48. The Bertz CT molecular complexity index is 428. The molecule has 0 saturated carbocycles. The topological polar surface area (TPSA) is 75.7 Å². The van der Waals surface area contributed by atoms with E-state index < -0.39 is 11.0 Å². The Balaban J connectivity index is 2.48. The second-order valence-electron chi connectivity index (χ2n) is 3.48. The highest BCUT2D eigenvalue weighted by Gasteiger charge is 2.34. The molecule has 1 aromatic carbocycles. The molecule has 78 valence electrons. The number of hydrogen-bond donors (Lipinski definition) is 1. The molecular weight excluding hydrogens is 196 g/mol. The SMILES string of the molecule is O=[N+]([O-])C1CCc2ccccc2/C1=N/O. The fourth-order valence-electron chi connectivity index (χ4n) is 1.92. The smallest absolute Gasteiger partial charge is 0.258 e. The Labute approximate surface area is 86.2 Å². The monoisotopic (exact) mass is 206 g/mol. The van der Waals surface area contributed by atoms with E-state index in [1.807, 2.05) is 12.1 Å². The lowest BCUT2D eigenvalue weighted by Crippen LogP contribution is -2.35. The van der Waals surface area contributed by atoms with Gasteiger partial charge in [-0.3, -0.25) is 10.1 Å². The van der Waals surface area contributed by atoms with Crippen LogP contribution in [0.2, 0.25) is 0 Å². The fraction of sp³-hybridized carbons (Fsp3) is 0.300. The van der Waals surface area contributed by atoms with E-state index in [0.717, 1.165) is 5.56 Å². The molecule has 1 aromatic rings. The lowest BCUT2D eigenvalue weighted by Gasteiger charge is -2.19. The number of rotatable bonds is 1. The van der Waals surface area contributed by atoms with E-state index >= 15 is 0 Å². The summed E-state index contributed by atoms with van der Waals surface area (Å²) in [6.07, 6.45) is 1.05. The summed E-state index contributed by atoms with van der Waals surface area (Å²) in [5.74, 6) is 0. The summed E-state index contributed by atoms with van der Waals surface area (Å²) >= 11 is 0. The van der Waals surface area contributed by atoms with Gasteiger partial charge in [0.15, 0.2) is 5.71 Å². The third-order valence-electron chi connectivity index (χ3n) is 2.66. The van der Waals surface area contributed by atoms with E-state index in [4.69, 9.17) is 5.21 Å². The van der Waals surface area contributed by atoms with Crippen LogP contribution in [0.1, 0.15) is 17.5 Å². The van der Waals surface area contributed by atoms with Crippen LogP contribution in [-0.4, -0.2) is 21.9 Å². The molecule has 2 rings (SSSR count). The molecule has 15 heavy (non-hydrogen) atoms. The molecule has 5 nitrogen and oxygen atoms in total. The first-order chi connectivity index (χ1) is 7.24. The normalized spacial score (nSPS) is 22.4. The average molecular weight is 206 g/mol. The van der Waals surface area contributed by atoms with Gasteiger partial charge >= 0.3 is 0 Å². The molecule has 0 fully saturated rings. The number of hydrogen-bond acceptors (Lipinski definition) is 4. The van der Waals surface area contributed by atoms with Crippen LogP contribution in [-0.2, 0) is 6.42 Å². The van der Waals surface area contributed by atoms with Crippen molar-refractivity contribution in [2.24, 2.45) is 5.16 Å². The molecule has 1 aliphatic rings. The van der Waals surface area contributed by atoms with Gasteiger partial charge in [-0.25, -0.2) is 0 Å². The Morgan fingerprint density at radius 3 is 2.87 bits per heavy atom. The van der Waals surface area contributed by atoms with Crippen molar-refractivity contribution < 1.29 is 10.1 Å². The van der Waals surface area contributed by atoms with Gasteiger partial charge in [0.1, 0.15) is 0 Å². The van der Waals surface area contributed by atoms with Gasteiger partial charge in [0, 0.05) is 16.9 Å². The van der Waals surface area contributed by atoms with E-state index in [0.29, 0.717) is 18.4 Å². The molecule has 0 aliphatic heterocycles. The molecule has 1 N–H and O–H groups in total. The lowest BCUT2D eigenvalue weighted by atomic mass is 9.87. The van der Waals surface area contributed by atoms with Crippen LogP contribution >= 0.6 is 0 Å². The van der Waals surface area contributed by atoms with Gasteiger partial charge in [-0.15, -0.1) is 0 Å². The van der Waals surface area contributed by atoms with Crippen molar-refractivity contribution in [1.29, 1.82) is 0 Å². The summed E-state index contributed by atoms with van der Waals surface area (Å²) in [7, 11) is 0. The predicted molar refractivity (Wildman–Crippen MR) is 53.9 cm³/mol. The maximum Gasteiger partial charge on any atom is 0.258 e. The first kappa shape index (κ1) is 9.64. The number of fused-ring (bicyclic) bond motifs is 1. The lowest BCUT2D eigenvalue weighted by molar-refractivity contribution is -0.503. The highest BCUT2D eigenvalue weighted by atomic mass is 16.6. The van der Waals surface area contributed by atoms with Crippen molar-refractivity contribution in [1.82, 2.24) is 0 Å². The standard InChI is InChI=1S/C10H10N2O3/c13-11-10-8-4-2-1-3-7(8)5-6-9(10)12(14)15/h1-4,9,13H,5-6H2/b11-10-. The molecule has 1 aliphatic carbocycles. The van der Waals surface area contributed by atoms with Crippen molar-refractivity contribution in [2.75, 3.05) is 0 Å². The summed E-state index contributed by atoms with van der Waals surface area (Å²) in [5, 5.41) is 22.7. The van der Waals surface area contributed by atoms with Crippen molar-refractivity contribution in [3.8, 4) is 0 Å². The van der Waals surface area contributed by atoms with Gasteiger partial charge in [-0.1, -0.05) is 29.4 Å². The average Bonchev–Trinajstić information content (AvgIpc) is 2.27. The summed E-state index contributed by atoms with van der Waals surface area (Å²) in [6, 6.07) is 6.42. The minimum Gasteiger partial charge on any atom is -0.410 e. The van der Waals surface area contributed by atoms with Crippen LogP contribution in [0.3, 0.4) is 0 Å². The van der Waals surface area contributed by atoms with Crippen molar-refractivity contribution in [3.05, 3.63) is 45.5 Å². The molecule has 1 unspecified atom stereocenters. The zero-order chi connectivity index (χ0) is 10.8. The van der Waals surface area contributed by atoms with Crippen LogP contribution in [0.15, 0.2) is 29.4 Å². The Morgan fingerprint density at radius 1 is 1.47 bits per heavy atom. The molecule has 5 heteroatoms. The van der Waals surface area contributed by atoms with Crippen molar-refractivity contribution >= 4 is 5.71 Å². The Morgan fingerprint density at radius 2 is 2.20 bits per heavy atom. The molecule has 0 aromatic heterocycles. The van der Waals surface area contributed by atoms with Crippen LogP contribution in [0.25, 0.3) is 0 Å². The van der Waals surface area contributed by atoms with Gasteiger partial charge in [0.2, 0.25) is 0 Å². The largest absolute Gasteiger partial charge is 0.410 e. The quantitative estimate of drug-likeness (QED) is 0.429. The molecule has 0 saturated heterocycles. The molecule has 0 spiro atoms. The molecule has 0 radical (unpaired) electrons. The molecule has 1 atom stereocenters. The first-order valence-corrected chi connectivity index (χ1v) is 4.67. The minimum absolute atomic E-state index is 0.168. The van der Waals surface area contributed by atoms with Crippen molar-refractivity contribution in [3.63, 3.8) is 0 Å². The van der Waals surface area contributed by atoms with Crippen molar-refractivity contribution in [2.45, 2.75) is 18.9 Å². The second kappa shape index (κ2) is 3.68. The minimum atomic E-state index is -0.884. The van der Waals surface area contributed by atoms with E-state index in [1.165, 1.54) is 0 Å².